The third-order valence-electron chi connectivity index (χ3n) is 3.41. The molecular weight excluding hydrogens is 344 g/mol. The number of hydrogen-bond donors (Lipinski definition) is 0. The first kappa shape index (κ1) is 13.3. The maximum absolute atomic E-state index is 4.56. The lowest BCUT2D eigenvalue weighted by Crippen LogP contribution is -2.40. The molecule has 2 nitrogen and oxygen atoms in total. The van der Waals surface area contributed by atoms with E-state index in [-0.39, 0.29) is 0 Å². The van der Waals surface area contributed by atoms with Crippen molar-refractivity contribution in [3.8, 4) is 0 Å². The Balaban J connectivity index is 2.26. The highest BCUT2D eigenvalue weighted by atomic mass is 79.9. The fraction of sp³-hybridized carbons (Fsp3) is 0.615. The molecule has 1 aromatic rings. The maximum Gasteiger partial charge on any atom is 0.143 e. The second kappa shape index (κ2) is 6.19. The molecule has 1 aliphatic heterocycles. The predicted octanol–water partition coefficient (Wildman–Crippen LogP) is 4.30. The molecule has 0 amide bonds. The van der Waals surface area contributed by atoms with Crippen LogP contribution in [0.2, 0.25) is 0 Å². The molecule has 1 atom stereocenters. The van der Waals surface area contributed by atoms with Gasteiger partial charge in [0.15, 0.2) is 0 Å². The van der Waals surface area contributed by atoms with Gasteiger partial charge in [-0.3, -0.25) is 0 Å². The molecule has 0 radical (unpaired) electrons. The Kier molecular flexibility index (Phi) is 4.86. The van der Waals surface area contributed by atoms with Crippen LogP contribution in [0.25, 0.3) is 0 Å². The largest absolute Gasteiger partial charge is 0.353 e. The minimum absolute atomic E-state index is 0.633. The number of nitrogens with zero attached hydrogens (tertiary/aromatic N) is 2. The highest BCUT2D eigenvalue weighted by Crippen LogP contribution is 2.32. The zero-order valence-corrected chi connectivity index (χ0v) is 13.3. The summed E-state index contributed by atoms with van der Waals surface area (Å²) in [7, 11) is 0. The van der Waals surface area contributed by atoms with Gasteiger partial charge in [0.05, 0.1) is 4.47 Å². The number of piperidine rings is 1. The summed E-state index contributed by atoms with van der Waals surface area (Å²) < 4.78 is 1.15. The lowest BCUT2D eigenvalue weighted by Gasteiger charge is -2.37. The zero-order valence-electron chi connectivity index (χ0n) is 10.1. The Morgan fingerprint density at radius 1 is 1.47 bits per heavy atom. The van der Waals surface area contributed by atoms with Crippen LogP contribution in [0.1, 0.15) is 31.2 Å². The van der Waals surface area contributed by atoms with Gasteiger partial charge in [0.25, 0.3) is 0 Å². The summed E-state index contributed by atoms with van der Waals surface area (Å²) in [5, 5.41) is 1.07. The molecule has 2 heterocycles. The third kappa shape index (κ3) is 3.02. The van der Waals surface area contributed by atoms with Crippen LogP contribution in [0, 0.1) is 6.92 Å². The Labute approximate surface area is 120 Å². The molecule has 1 aliphatic rings. The summed E-state index contributed by atoms with van der Waals surface area (Å²) in [5.74, 6) is 1.12. The molecule has 0 aliphatic carbocycles. The van der Waals surface area contributed by atoms with Crippen molar-refractivity contribution in [3.05, 3.63) is 22.3 Å². The van der Waals surface area contributed by atoms with E-state index in [2.05, 4.69) is 54.7 Å². The molecule has 94 valence electrons. The molecule has 0 N–H and O–H groups in total. The van der Waals surface area contributed by atoms with E-state index in [1.54, 1.807) is 0 Å². The van der Waals surface area contributed by atoms with Crippen molar-refractivity contribution in [1.82, 2.24) is 4.98 Å². The van der Waals surface area contributed by atoms with Crippen LogP contribution in [0.15, 0.2) is 16.7 Å². The minimum atomic E-state index is 0.633. The molecule has 0 bridgehead atoms. The summed E-state index contributed by atoms with van der Waals surface area (Å²) in [5.41, 5.74) is 1.26. The highest BCUT2D eigenvalue weighted by Gasteiger charge is 2.24. The van der Waals surface area contributed by atoms with Crippen molar-refractivity contribution in [3.63, 3.8) is 0 Å². The molecule has 0 saturated carbocycles. The summed E-state index contributed by atoms with van der Waals surface area (Å²) >= 11 is 7.24. The van der Waals surface area contributed by atoms with Crippen LogP contribution in [-0.2, 0) is 0 Å². The van der Waals surface area contributed by atoms with Gasteiger partial charge in [-0.2, -0.15) is 0 Å². The van der Waals surface area contributed by atoms with Gasteiger partial charge < -0.3 is 4.90 Å². The van der Waals surface area contributed by atoms with Crippen molar-refractivity contribution >= 4 is 37.7 Å². The number of aryl methyl sites for hydroxylation is 1. The van der Waals surface area contributed by atoms with Crippen molar-refractivity contribution in [2.45, 2.75) is 38.6 Å². The second-order valence-electron chi connectivity index (χ2n) is 4.59. The van der Waals surface area contributed by atoms with E-state index in [1.807, 2.05) is 6.20 Å². The second-order valence-corrected chi connectivity index (χ2v) is 6.17. The summed E-state index contributed by atoms with van der Waals surface area (Å²) in [6.07, 6.45) is 7.02. The van der Waals surface area contributed by atoms with E-state index < -0.39 is 0 Å². The number of pyridine rings is 1. The Bertz CT molecular complexity index is 380. The normalized spacial score (nSPS) is 20.6. The van der Waals surface area contributed by atoms with Crippen LogP contribution < -0.4 is 4.90 Å². The molecule has 1 saturated heterocycles. The first-order chi connectivity index (χ1) is 8.24. The highest BCUT2D eigenvalue weighted by molar-refractivity contribution is 9.10. The number of alkyl halides is 1. The molecule has 4 heteroatoms. The van der Waals surface area contributed by atoms with Gasteiger partial charge in [-0.1, -0.05) is 15.9 Å². The smallest absolute Gasteiger partial charge is 0.143 e. The van der Waals surface area contributed by atoms with E-state index in [9.17, 15) is 0 Å². The molecule has 1 unspecified atom stereocenters. The van der Waals surface area contributed by atoms with Gasteiger partial charge in [-0.05, 0) is 60.2 Å². The van der Waals surface area contributed by atoms with E-state index in [4.69, 9.17) is 0 Å². The van der Waals surface area contributed by atoms with Crippen molar-refractivity contribution in [2.24, 2.45) is 0 Å². The topological polar surface area (TPSA) is 16.1 Å². The van der Waals surface area contributed by atoms with Crippen LogP contribution in [0.5, 0.6) is 0 Å². The van der Waals surface area contributed by atoms with E-state index in [0.717, 1.165) is 22.2 Å². The van der Waals surface area contributed by atoms with Crippen molar-refractivity contribution in [1.29, 1.82) is 0 Å². The monoisotopic (exact) mass is 360 g/mol. The van der Waals surface area contributed by atoms with Gasteiger partial charge in [0.1, 0.15) is 5.82 Å². The van der Waals surface area contributed by atoms with Crippen LogP contribution in [0.3, 0.4) is 0 Å². The van der Waals surface area contributed by atoms with Crippen LogP contribution in [-0.4, -0.2) is 22.9 Å². The average molecular weight is 362 g/mol. The average Bonchev–Trinajstić information content (AvgIpc) is 2.34. The Morgan fingerprint density at radius 3 is 3.06 bits per heavy atom. The van der Waals surface area contributed by atoms with E-state index >= 15 is 0 Å². The number of anilines is 1. The summed E-state index contributed by atoms with van der Waals surface area (Å²) in [6, 6.07) is 2.69. The van der Waals surface area contributed by atoms with E-state index in [1.165, 1.54) is 31.2 Å². The number of halogens is 2. The SMILES string of the molecule is Cc1ccnc(N2CCCCC2CCBr)c1Br. The fourth-order valence-corrected chi connectivity index (χ4v) is 3.42. The van der Waals surface area contributed by atoms with Crippen molar-refractivity contribution in [2.75, 3.05) is 16.8 Å². The molecule has 2 rings (SSSR count). The Morgan fingerprint density at radius 2 is 2.29 bits per heavy atom. The first-order valence-corrected chi connectivity index (χ1v) is 8.09. The van der Waals surface area contributed by atoms with Gasteiger partial charge >= 0.3 is 0 Å². The first-order valence-electron chi connectivity index (χ1n) is 6.17. The molecule has 1 fully saturated rings. The van der Waals surface area contributed by atoms with E-state index in [0.29, 0.717) is 6.04 Å². The lowest BCUT2D eigenvalue weighted by atomic mass is 10.00. The standard InChI is InChI=1S/C13H18Br2N2/c1-10-6-8-16-13(12(10)15)17-9-3-2-4-11(17)5-7-14/h6,8,11H,2-5,7,9H2,1H3. The van der Waals surface area contributed by atoms with Gasteiger partial charge in [0.2, 0.25) is 0 Å². The Hall–Kier alpha value is -0.0900. The maximum atomic E-state index is 4.56. The lowest BCUT2D eigenvalue weighted by molar-refractivity contribution is 0.449. The van der Waals surface area contributed by atoms with Gasteiger partial charge in [0, 0.05) is 24.1 Å². The summed E-state index contributed by atoms with van der Waals surface area (Å²) in [6.45, 7) is 3.26. The third-order valence-corrected chi connectivity index (χ3v) is 4.84. The van der Waals surface area contributed by atoms with Crippen LogP contribution in [0.4, 0.5) is 5.82 Å². The zero-order chi connectivity index (χ0) is 12.3. The molecule has 1 aromatic heterocycles. The predicted molar refractivity (Wildman–Crippen MR) is 80.1 cm³/mol. The summed E-state index contributed by atoms with van der Waals surface area (Å²) in [4.78, 5) is 7.03. The number of rotatable bonds is 3. The molecular formula is C13H18Br2N2. The fourth-order valence-electron chi connectivity index (χ4n) is 2.43. The van der Waals surface area contributed by atoms with Crippen molar-refractivity contribution < 1.29 is 0 Å². The van der Waals surface area contributed by atoms with Gasteiger partial charge in [-0.25, -0.2) is 4.98 Å². The quantitative estimate of drug-likeness (QED) is 0.746. The molecule has 0 aromatic carbocycles. The minimum Gasteiger partial charge on any atom is -0.353 e. The number of aromatic nitrogens is 1. The molecule has 0 spiro atoms. The molecule has 17 heavy (non-hydrogen) atoms. The number of hydrogen-bond acceptors (Lipinski definition) is 2. The van der Waals surface area contributed by atoms with Gasteiger partial charge in [-0.15, -0.1) is 0 Å². The van der Waals surface area contributed by atoms with Crippen LogP contribution >= 0.6 is 31.9 Å².